The summed E-state index contributed by atoms with van der Waals surface area (Å²) in [7, 11) is 0. The summed E-state index contributed by atoms with van der Waals surface area (Å²) in [5.74, 6) is -0.467. The third-order valence-electron chi connectivity index (χ3n) is 3.29. The molecule has 0 bridgehead atoms. The summed E-state index contributed by atoms with van der Waals surface area (Å²) >= 11 is 0. The number of halogens is 3. The number of benzene rings is 2. The molecule has 0 saturated heterocycles. The Morgan fingerprint density at radius 1 is 1.12 bits per heavy atom. The van der Waals surface area contributed by atoms with E-state index in [4.69, 9.17) is 0 Å². The SMILES string of the molecule is CC(/C=N/NC(=O)CNc1cccc(C(F)(F)F)c1)=C\c1ccccc1. The van der Waals surface area contributed by atoms with Crippen LogP contribution in [0.5, 0.6) is 0 Å². The van der Waals surface area contributed by atoms with Gasteiger partial charge in [0.25, 0.3) is 5.91 Å². The molecule has 0 radical (unpaired) electrons. The van der Waals surface area contributed by atoms with Crippen molar-refractivity contribution in [1.29, 1.82) is 0 Å². The standard InChI is InChI=1S/C19H18F3N3O/c1-14(10-15-6-3-2-4-7-15)12-24-25-18(26)13-23-17-9-5-8-16(11-17)19(20,21)22/h2-12,23H,13H2,1H3,(H,25,26)/b14-10+,24-12+. The number of allylic oxidation sites excluding steroid dienone is 1. The molecular formula is C19H18F3N3O. The first-order valence-electron chi connectivity index (χ1n) is 7.81. The van der Waals surface area contributed by atoms with Gasteiger partial charge >= 0.3 is 6.18 Å². The lowest BCUT2D eigenvalue weighted by atomic mass is 10.1. The predicted octanol–water partition coefficient (Wildman–Crippen LogP) is 4.32. The van der Waals surface area contributed by atoms with Gasteiger partial charge in [-0.25, -0.2) is 5.43 Å². The van der Waals surface area contributed by atoms with Gasteiger partial charge in [0, 0.05) is 5.69 Å². The molecule has 2 aromatic rings. The molecule has 4 nitrogen and oxygen atoms in total. The van der Waals surface area contributed by atoms with Gasteiger partial charge in [0.2, 0.25) is 0 Å². The van der Waals surface area contributed by atoms with E-state index in [2.05, 4.69) is 15.8 Å². The van der Waals surface area contributed by atoms with Gasteiger partial charge in [0.1, 0.15) is 0 Å². The third-order valence-corrected chi connectivity index (χ3v) is 3.29. The molecule has 2 rings (SSSR count). The number of nitrogens with one attached hydrogen (secondary N) is 2. The first-order valence-corrected chi connectivity index (χ1v) is 7.81. The summed E-state index contributed by atoms with van der Waals surface area (Å²) in [6.07, 6.45) is -1.03. The minimum absolute atomic E-state index is 0.194. The number of hydrazone groups is 1. The molecule has 0 fully saturated rings. The zero-order valence-corrected chi connectivity index (χ0v) is 14.0. The molecule has 0 aliphatic rings. The maximum atomic E-state index is 12.6. The van der Waals surface area contributed by atoms with Gasteiger partial charge in [-0.1, -0.05) is 42.5 Å². The van der Waals surface area contributed by atoms with Crippen LogP contribution < -0.4 is 10.7 Å². The average Bonchev–Trinajstić information content (AvgIpc) is 2.60. The van der Waals surface area contributed by atoms with Crippen molar-refractivity contribution in [1.82, 2.24) is 5.43 Å². The molecule has 0 saturated carbocycles. The second-order valence-corrected chi connectivity index (χ2v) is 5.52. The van der Waals surface area contributed by atoms with Crippen LogP contribution in [0.15, 0.2) is 65.3 Å². The molecule has 136 valence electrons. The molecule has 0 atom stereocenters. The fourth-order valence-electron chi connectivity index (χ4n) is 2.08. The molecule has 26 heavy (non-hydrogen) atoms. The Labute approximate surface area is 149 Å². The summed E-state index contributed by atoms with van der Waals surface area (Å²) in [6, 6.07) is 14.3. The van der Waals surface area contributed by atoms with Gasteiger partial charge in [0.15, 0.2) is 0 Å². The van der Waals surface area contributed by atoms with Crippen molar-refractivity contribution >= 4 is 23.9 Å². The van der Waals surface area contributed by atoms with E-state index < -0.39 is 17.6 Å². The van der Waals surface area contributed by atoms with E-state index >= 15 is 0 Å². The van der Waals surface area contributed by atoms with Crippen molar-refractivity contribution in [2.45, 2.75) is 13.1 Å². The highest BCUT2D eigenvalue weighted by molar-refractivity contribution is 5.87. The van der Waals surface area contributed by atoms with Crippen LogP contribution in [0.2, 0.25) is 0 Å². The Morgan fingerprint density at radius 2 is 1.85 bits per heavy atom. The summed E-state index contributed by atoms with van der Waals surface area (Å²) in [4.78, 5) is 11.7. The van der Waals surface area contributed by atoms with Crippen LogP contribution >= 0.6 is 0 Å². The van der Waals surface area contributed by atoms with Crippen LogP contribution in [0.1, 0.15) is 18.1 Å². The molecule has 0 spiro atoms. The van der Waals surface area contributed by atoms with Gasteiger partial charge in [-0.2, -0.15) is 18.3 Å². The largest absolute Gasteiger partial charge is 0.416 e. The number of anilines is 1. The number of nitrogens with zero attached hydrogens (tertiary/aromatic N) is 1. The highest BCUT2D eigenvalue weighted by Gasteiger charge is 2.30. The lowest BCUT2D eigenvalue weighted by Gasteiger charge is -2.10. The molecule has 1 amide bonds. The molecule has 0 aliphatic carbocycles. The topological polar surface area (TPSA) is 53.5 Å². The molecule has 0 unspecified atom stereocenters. The lowest BCUT2D eigenvalue weighted by Crippen LogP contribution is -2.26. The van der Waals surface area contributed by atoms with Gasteiger partial charge in [-0.3, -0.25) is 4.79 Å². The van der Waals surface area contributed by atoms with Gasteiger partial charge in [0.05, 0.1) is 18.3 Å². The summed E-state index contributed by atoms with van der Waals surface area (Å²) in [6.45, 7) is 1.64. The van der Waals surface area contributed by atoms with Gasteiger partial charge in [-0.15, -0.1) is 0 Å². The van der Waals surface area contributed by atoms with Crippen molar-refractivity contribution in [2.75, 3.05) is 11.9 Å². The third kappa shape index (κ3) is 6.43. The minimum atomic E-state index is -4.42. The quantitative estimate of drug-likeness (QED) is 0.595. The Kier molecular flexibility index (Phi) is 6.54. The Bertz CT molecular complexity index is 799. The number of amides is 1. The lowest BCUT2D eigenvalue weighted by molar-refractivity contribution is -0.137. The van der Waals surface area contributed by atoms with E-state index in [-0.39, 0.29) is 12.2 Å². The van der Waals surface area contributed by atoms with Crippen molar-refractivity contribution in [3.8, 4) is 0 Å². The number of alkyl halides is 3. The maximum absolute atomic E-state index is 12.6. The molecule has 7 heteroatoms. The Morgan fingerprint density at radius 3 is 2.54 bits per heavy atom. The number of carbonyl (C=O) groups excluding carboxylic acids is 1. The number of hydrogen-bond donors (Lipinski definition) is 2. The maximum Gasteiger partial charge on any atom is 0.416 e. The van der Waals surface area contributed by atoms with E-state index in [0.717, 1.165) is 23.3 Å². The van der Waals surface area contributed by atoms with E-state index in [1.807, 2.05) is 43.3 Å². The second kappa shape index (κ2) is 8.84. The number of rotatable bonds is 6. The zero-order valence-electron chi connectivity index (χ0n) is 14.0. The normalized spacial score (nSPS) is 12.2. The van der Waals surface area contributed by atoms with Gasteiger partial charge < -0.3 is 5.32 Å². The van der Waals surface area contributed by atoms with Gasteiger partial charge in [-0.05, 0) is 36.3 Å². The number of carbonyl (C=O) groups is 1. The van der Waals surface area contributed by atoms with E-state index in [1.165, 1.54) is 18.3 Å². The fraction of sp³-hybridized carbons (Fsp3) is 0.158. The average molecular weight is 361 g/mol. The highest BCUT2D eigenvalue weighted by atomic mass is 19.4. The van der Waals surface area contributed by atoms with Crippen molar-refractivity contribution in [2.24, 2.45) is 5.10 Å². The smallest absolute Gasteiger partial charge is 0.376 e. The van der Waals surface area contributed by atoms with Crippen LogP contribution in [-0.2, 0) is 11.0 Å². The molecule has 0 aliphatic heterocycles. The first kappa shape index (κ1) is 19.2. The summed E-state index contributed by atoms with van der Waals surface area (Å²) in [5.41, 5.74) is 3.60. The molecule has 2 aromatic carbocycles. The first-order chi connectivity index (χ1) is 12.3. The van der Waals surface area contributed by atoms with Crippen LogP contribution in [0.25, 0.3) is 6.08 Å². The van der Waals surface area contributed by atoms with Crippen LogP contribution in [0, 0.1) is 0 Å². The Balaban J connectivity index is 1.83. The fourth-order valence-corrected chi connectivity index (χ4v) is 2.08. The monoisotopic (exact) mass is 361 g/mol. The van der Waals surface area contributed by atoms with Crippen LogP contribution in [0.3, 0.4) is 0 Å². The minimum Gasteiger partial charge on any atom is -0.376 e. The van der Waals surface area contributed by atoms with Crippen LogP contribution in [-0.4, -0.2) is 18.7 Å². The predicted molar refractivity (Wildman–Crippen MR) is 96.7 cm³/mol. The van der Waals surface area contributed by atoms with Crippen molar-refractivity contribution < 1.29 is 18.0 Å². The van der Waals surface area contributed by atoms with E-state index in [1.54, 1.807) is 0 Å². The highest BCUT2D eigenvalue weighted by Crippen LogP contribution is 2.30. The second-order valence-electron chi connectivity index (χ2n) is 5.52. The van der Waals surface area contributed by atoms with E-state index in [9.17, 15) is 18.0 Å². The van der Waals surface area contributed by atoms with E-state index in [0.29, 0.717) is 0 Å². The zero-order chi connectivity index (χ0) is 19.0. The van der Waals surface area contributed by atoms with Crippen molar-refractivity contribution in [3.05, 3.63) is 71.3 Å². The number of hydrogen-bond acceptors (Lipinski definition) is 3. The van der Waals surface area contributed by atoms with Crippen LogP contribution in [0.4, 0.5) is 18.9 Å². The molecular weight excluding hydrogens is 343 g/mol. The molecule has 2 N–H and O–H groups in total. The summed E-state index contributed by atoms with van der Waals surface area (Å²) in [5, 5.41) is 6.46. The van der Waals surface area contributed by atoms with Crippen molar-refractivity contribution in [3.63, 3.8) is 0 Å². The Hall–Kier alpha value is -3.09. The summed E-state index contributed by atoms with van der Waals surface area (Å²) < 4.78 is 37.9. The molecule has 0 aromatic heterocycles. The molecule has 0 heterocycles.